The highest BCUT2D eigenvalue weighted by atomic mass is 32.1. The SMILES string of the molecule is CN1CCN(C(=O)C2CCN(C(=O)c3ccc(-c4ccccc4F)s3)CC2)CC1. The zero-order valence-corrected chi connectivity index (χ0v) is 17.5. The van der Waals surface area contributed by atoms with Crippen molar-refractivity contribution in [3.8, 4) is 10.4 Å². The molecule has 0 spiro atoms. The van der Waals surface area contributed by atoms with E-state index in [1.165, 1.54) is 17.4 Å². The second kappa shape index (κ2) is 8.63. The summed E-state index contributed by atoms with van der Waals surface area (Å²) in [6, 6.07) is 10.2. The van der Waals surface area contributed by atoms with Crippen molar-refractivity contribution >= 4 is 23.2 Å². The molecule has 0 bridgehead atoms. The van der Waals surface area contributed by atoms with Crippen molar-refractivity contribution < 1.29 is 14.0 Å². The number of carbonyl (C=O) groups excluding carboxylic acids is 2. The van der Waals surface area contributed by atoms with Crippen LogP contribution in [0.2, 0.25) is 0 Å². The molecule has 5 nitrogen and oxygen atoms in total. The Hall–Kier alpha value is -2.25. The number of piperidine rings is 1. The molecule has 0 N–H and O–H groups in total. The molecule has 154 valence electrons. The minimum absolute atomic E-state index is 0.0137. The average Bonchev–Trinajstić information content (AvgIpc) is 3.24. The number of benzene rings is 1. The number of carbonyl (C=O) groups is 2. The predicted octanol–water partition coefficient (Wildman–Crippen LogP) is 3.18. The quantitative estimate of drug-likeness (QED) is 0.773. The van der Waals surface area contributed by atoms with Gasteiger partial charge in [-0.3, -0.25) is 9.59 Å². The number of likely N-dealkylation sites (N-methyl/N-ethyl adjacent to an activating group) is 1. The lowest BCUT2D eigenvalue weighted by Gasteiger charge is -2.37. The van der Waals surface area contributed by atoms with Gasteiger partial charge in [0.05, 0.1) is 4.88 Å². The number of likely N-dealkylation sites (tertiary alicyclic amines) is 1. The molecule has 0 unspecified atom stereocenters. The van der Waals surface area contributed by atoms with E-state index in [9.17, 15) is 14.0 Å². The molecule has 0 atom stereocenters. The summed E-state index contributed by atoms with van der Waals surface area (Å²) in [5, 5.41) is 0. The Morgan fingerprint density at radius 3 is 2.31 bits per heavy atom. The number of hydrogen-bond donors (Lipinski definition) is 0. The molecule has 2 aliphatic rings. The van der Waals surface area contributed by atoms with Gasteiger partial charge in [-0.25, -0.2) is 4.39 Å². The van der Waals surface area contributed by atoms with Crippen molar-refractivity contribution in [1.82, 2.24) is 14.7 Å². The van der Waals surface area contributed by atoms with Crippen molar-refractivity contribution in [3.05, 3.63) is 47.1 Å². The van der Waals surface area contributed by atoms with Crippen LogP contribution < -0.4 is 0 Å². The van der Waals surface area contributed by atoms with Gasteiger partial charge in [-0.2, -0.15) is 0 Å². The van der Waals surface area contributed by atoms with Gasteiger partial charge in [0, 0.05) is 55.6 Å². The third-order valence-electron chi connectivity index (χ3n) is 5.90. The molecule has 2 fully saturated rings. The summed E-state index contributed by atoms with van der Waals surface area (Å²) in [5.74, 6) is -0.0532. The maximum Gasteiger partial charge on any atom is 0.263 e. The zero-order valence-electron chi connectivity index (χ0n) is 16.6. The summed E-state index contributed by atoms with van der Waals surface area (Å²) in [6.45, 7) is 4.62. The zero-order chi connectivity index (χ0) is 20.4. The highest BCUT2D eigenvalue weighted by Crippen LogP contribution is 2.31. The van der Waals surface area contributed by atoms with E-state index in [4.69, 9.17) is 0 Å². The van der Waals surface area contributed by atoms with E-state index < -0.39 is 0 Å². The smallest absolute Gasteiger partial charge is 0.263 e. The molecule has 29 heavy (non-hydrogen) atoms. The van der Waals surface area contributed by atoms with Crippen LogP contribution in [0.3, 0.4) is 0 Å². The first-order valence-corrected chi connectivity index (χ1v) is 11.0. The molecule has 0 saturated carbocycles. The van der Waals surface area contributed by atoms with Crippen LogP contribution in [0.4, 0.5) is 4.39 Å². The normalized spacial score (nSPS) is 18.8. The monoisotopic (exact) mass is 415 g/mol. The molecule has 7 heteroatoms. The van der Waals surface area contributed by atoms with E-state index in [0.717, 1.165) is 31.1 Å². The van der Waals surface area contributed by atoms with Crippen LogP contribution in [-0.2, 0) is 4.79 Å². The molecular weight excluding hydrogens is 389 g/mol. The molecular formula is C22H26FN3O2S. The van der Waals surface area contributed by atoms with Crippen molar-refractivity contribution in [3.63, 3.8) is 0 Å². The Kier molecular flexibility index (Phi) is 5.96. The third kappa shape index (κ3) is 4.36. The molecule has 0 radical (unpaired) electrons. The molecule has 1 aromatic heterocycles. The van der Waals surface area contributed by atoms with Crippen molar-refractivity contribution in [2.75, 3.05) is 46.3 Å². The summed E-state index contributed by atoms with van der Waals surface area (Å²) >= 11 is 1.32. The van der Waals surface area contributed by atoms with Crippen LogP contribution in [0.25, 0.3) is 10.4 Å². The summed E-state index contributed by atoms with van der Waals surface area (Å²) in [7, 11) is 2.08. The Morgan fingerprint density at radius 1 is 0.931 bits per heavy atom. The molecule has 3 heterocycles. The molecule has 2 amide bonds. The molecule has 0 aliphatic carbocycles. The van der Waals surface area contributed by atoms with E-state index in [1.807, 2.05) is 9.80 Å². The maximum absolute atomic E-state index is 14.0. The van der Waals surface area contributed by atoms with Crippen molar-refractivity contribution in [2.24, 2.45) is 5.92 Å². The highest BCUT2D eigenvalue weighted by Gasteiger charge is 2.32. The minimum atomic E-state index is -0.281. The molecule has 2 saturated heterocycles. The first kappa shape index (κ1) is 20.0. The Bertz CT molecular complexity index is 884. The minimum Gasteiger partial charge on any atom is -0.340 e. The number of nitrogens with zero attached hydrogens (tertiary/aromatic N) is 3. The van der Waals surface area contributed by atoms with Gasteiger partial charge < -0.3 is 14.7 Å². The van der Waals surface area contributed by atoms with Gasteiger partial charge in [-0.05, 0) is 38.1 Å². The number of hydrogen-bond acceptors (Lipinski definition) is 4. The number of piperazine rings is 1. The number of rotatable bonds is 3. The fourth-order valence-corrected chi connectivity index (χ4v) is 5.03. The van der Waals surface area contributed by atoms with Crippen LogP contribution in [-0.4, -0.2) is 72.8 Å². The van der Waals surface area contributed by atoms with Crippen molar-refractivity contribution in [2.45, 2.75) is 12.8 Å². The summed E-state index contributed by atoms with van der Waals surface area (Å²) in [4.78, 5) is 33.1. The van der Waals surface area contributed by atoms with Crippen molar-refractivity contribution in [1.29, 1.82) is 0 Å². The second-order valence-electron chi connectivity index (χ2n) is 7.84. The molecule has 4 rings (SSSR count). The third-order valence-corrected chi connectivity index (χ3v) is 7.01. The summed E-state index contributed by atoms with van der Waals surface area (Å²) in [6.07, 6.45) is 1.42. The van der Waals surface area contributed by atoms with Gasteiger partial charge >= 0.3 is 0 Å². The number of amides is 2. The fourth-order valence-electron chi connectivity index (χ4n) is 4.03. The van der Waals surface area contributed by atoms with E-state index in [-0.39, 0.29) is 23.5 Å². The van der Waals surface area contributed by atoms with E-state index >= 15 is 0 Å². The largest absolute Gasteiger partial charge is 0.340 e. The first-order chi connectivity index (χ1) is 14.0. The van der Waals surface area contributed by atoms with Crippen LogP contribution in [0.15, 0.2) is 36.4 Å². The standard InChI is InChI=1S/C22H26FN3O2S/c1-24-12-14-26(15-13-24)21(27)16-8-10-25(11-9-16)22(28)20-7-6-19(29-20)17-4-2-3-5-18(17)23/h2-7,16H,8-15H2,1H3. The van der Waals surface area contributed by atoms with Crippen LogP contribution in [0, 0.1) is 11.7 Å². The topological polar surface area (TPSA) is 43.9 Å². The molecule has 2 aliphatic heterocycles. The number of thiophene rings is 1. The average molecular weight is 416 g/mol. The van der Waals surface area contributed by atoms with Crippen LogP contribution in [0.1, 0.15) is 22.5 Å². The first-order valence-electron chi connectivity index (χ1n) is 10.1. The fraction of sp³-hybridized carbons (Fsp3) is 0.455. The lowest BCUT2D eigenvalue weighted by atomic mass is 9.95. The van der Waals surface area contributed by atoms with Gasteiger partial charge in [-0.1, -0.05) is 18.2 Å². The second-order valence-corrected chi connectivity index (χ2v) is 8.92. The van der Waals surface area contributed by atoms with Crippen LogP contribution >= 0.6 is 11.3 Å². The predicted molar refractivity (Wildman–Crippen MR) is 112 cm³/mol. The molecule has 2 aromatic rings. The van der Waals surface area contributed by atoms with Gasteiger partial charge in [0.2, 0.25) is 5.91 Å². The van der Waals surface area contributed by atoms with Gasteiger partial charge in [0.15, 0.2) is 0 Å². The van der Waals surface area contributed by atoms with Gasteiger partial charge in [0.25, 0.3) is 5.91 Å². The van der Waals surface area contributed by atoms with E-state index in [1.54, 1.807) is 30.3 Å². The van der Waals surface area contributed by atoms with E-state index in [0.29, 0.717) is 36.4 Å². The van der Waals surface area contributed by atoms with Crippen LogP contribution in [0.5, 0.6) is 0 Å². The highest BCUT2D eigenvalue weighted by molar-refractivity contribution is 7.17. The van der Waals surface area contributed by atoms with E-state index in [2.05, 4.69) is 11.9 Å². The Balaban J connectivity index is 1.35. The lowest BCUT2D eigenvalue weighted by Crippen LogP contribution is -2.50. The van der Waals surface area contributed by atoms with Gasteiger partial charge in [0.1, 0.15) is 5.82 Å². The molecule has 1 aromatic carbocycles. The lowest BCUT2D eigenvalue weighted by molar-refractivity contribution is -0.138. The Labute approximate surface area is 174 Å². The number of halogens is 1. The van der Waals surface area contributed by atoms with Gasteiger partial charge in [-0.15, -0.1) is 11.3 Å². The Morgan fingerprint density at radius 2 is 1.62 bits per heavy atom. The summed E-state index contributed by atoms with van der Waals surface area (Å²) in [5.41, 5.74) is 0.521. The maximum atomic E-state index is 14.0. The summed E-state index contributed by atoms with van der Waals surface area (Å²) < 4.78 is 14.0.